The molecule has 0 aliphatic rings. The van der Waals surface area contributed by atoms with Crippen LogP contribution in [0.5, 0.6) is 0 Å². The Labute approximate surface area is 194 Å². The van der Waals surface area contributed by atoms with Crippen LogP contribution >= 0.6 is 11.6 Å². The second-order valence-electron chi connectivity index (χ2n) is 7.42. The third kappa shape index (κ3) is 4.14. The van der Waals surface area contributed by atoms with E-state index in [2.05, 4.69) is 15.4 Å². The van der Waals surface area contributed by atoms with Crippen molar-refractivity contribution < 1.29 is 4.79 Å². The molecule has 2 heterocycles. The largest absolute Gasteiger partial charge is 0.383 e. The zero-order valence-corrected chi connectivity index (χ0v) is 18.2. The number of benzene rings is 3. The number of aromatic nitrogens is 3. The van der Waals surface area contributed by atoms with Crippen molar-refractivity contribution in [1.82, 2.24) is 20.0 Å². The molecule has 1 amide bonds. The Morgan fingerprint density at radius 1 is 1.00 bits per heavy atom. The average molecular weight is 455 g/mol. The zero-order chi connectivity index (χ0) is 22.8. The van der Waals surface area contributed by atoms with E-state index < -0.39 is 0 Å². The van der Waals surface area contributed by atoms with E-state index in [4.69, 9.17) is 22.3 Å². The Balaban J connectivity index is 1.61. The molecule has 0 saturated heterocycles. The molecule has 0 fully saturated rings. The van der Waals surface area contributed by atoms with Crippen LogP contribution in [0.25, 0.3) is 22.2 Å². The van der Waals surface area contributed by atoms with Gasteiger partial charge in [0.1, 0.15) is 16.9 Å². The first-order valence-corrected chi connectivity index (χ1v) is 10.7. The molecule has 0 saturated carbocycles. The highest BCUT2D eigenvalue weighted by Gasteiger charge is 2.24. The minimum atomic E-state index is -0.345. The number of hydrogen-bond donors (Lipinski definition) is 2. The van der Waals surface area contributed by atoms with Crippen LogP contribution in [0.15, 0.2) is 84.0 Å². The third-order valence-corrected chi connectivity index (χ3v) is 5.40. The maximum absolute atomic E-state index is 13.2. The number of carbonyl (C=O) groups excluding carboxylic acids is 1. The number of nitrogens with one attached hydrogen (secondary N) is 1. The van der Waals surface area contributed by atoms with Gasteiger partial charge in [0.25, 0.3) is 5.91 Å². The number of anilines is 1. The molecule has 0 radical (unpaired) electrons. The Kier molecular flexibility index (Phi) is 5.46. The second-order valence-corrected chi connectivity index (χ2v) is 7.86. The Morgan fingerprint density at radius 2 is 1.73 bits per heavy atom. The van der Waals surface area contributed by atoms with Crippen LogP contribution in [0.3, 0.4) is 0 Å². The summed E-state index contributed by atoms with van der Waals surface area (Å²) < 4.78 is 1.44. The molecular weight excluding hydrogens is 436 g/mol. The van der Waals surface area contributed by atoms with Gasteiger partial charge in [-0.1, -0.05) is 66.2 Å². The van der Waals surface area contributed by atoms with Crippen molar-refractivity contribution in [2.24, 2.45) is 5.10 Å². The number of nitrogens with zero attached hydrogens (tertiary/aromatic N) is 4. The molecule has 162 valence electrons. The van der Waals surface area contributed by atoms with Crippen LogP contribution in [0, 0.1) is 0 Å². The molecular formula is C25H19ClN6O. The van der Waals surface area contributed by atoms with Crippen molar-refractivity contribution in [3.8, 4) is 0 Å². The highest BCUT2D eigenvalue weighted by Crippen LogP contribution is 2.28. The summed E-state index contributed by atoms with van der Waals surface area (Å²) in [6.07, 6.45) is 1.62. The molecule has 33 heavy (non-hydrogen) atoms. The summed E-state index contributed by atoms with van der Waals surface area (Å²) in [4.78, 5) is 22.6. The number of nitrogens with two attached hydrogens (primary N) is 1. The molecule has 0 unspecified atom stereocenters. The van der Waals surface area contributed by atoms with E-state index in [0.29, 0.717) is 33.8 Å². The second kappa shape index (κ2) is 8.72. The van der Waals surface area contributed by atoms with Gasteiger partial charge in [-0.2, -0.15) is 9.78 Å². The SMILES string of the molecule is Nc1c(C(=O)NCc2ccccc2)c2nc3ccccc3nc2n1/N=C\c1cccc(Cl)c1. The predicted molar refractivity (Wildman–Crippen MR) is 132 cm³/mol. The Hall–Kier alpha value is -4.23. The van der Waals surface area contributed by atoms with Gasteiger partial charge in [-0.25, -0.2) is 9.97 Å². The van der Waals surface area contributed by atoms with Crippen LogP contribution in [0.4, 0.5) is 5.82 Å². The fourth-order valence-electron chi connectivity index (χ4n) is 3.57. The van der Waals surface area contributed by atoms with Gasteiger partial charge in [-0.05, 0) is 35.4 Å². The van der Waals surface area contributed by atoms with E-state index in [9.17, 15) is 4.79 Å². The minimum absolute atomic E-state index is 0.157. The van der Waals surface area contributed by atoms with Gasteiger partial charge in [0.2, 0.25) is 0 Å². The van der Waals surface area contributed by atoms with E-state index in [1.807, 2.05) is 66.7 Å². The number of amides is 1. The molecule has 8 heteroatoms. The van der Waals surface area contributed by atoms with Gasteiger partial charge in [0.05, 0.1) is 17.2 Å². The molecule has 5 aromatic rings. The third-order valence-electron chi connectivity index (χ3n) is 5.17. The van der Waals surface area contributed by atoms with E-state index in [0.717, 1.165) is 11.1 Å². The van der Waals surface area contributed by atoms with Crippen LogP contribution in [0.1, 0.15) is 21.5 Å². The highest BCUT2D eigenvalue weighted by molar-refractivity contribution is 6.30. The number of fused-ring (bicyclic) bond motifs is 2. The zero-order valence-electron chi connectivity index (χ0n) is 17.4. The molecule has 0 spiro atoms. The van der Waals surface area contributed by atoms with Gasteiger partial charge in [0, 0.05) is 11.6 Å². The fraction of sp³-hybridized carbons (Fsp3) is 0.0400. The lowest BCUT2D eigenvalue weighted by molar-refractivity contribution is 0.0953. The molecule has 0 aliphatic carbocycles. The van der Waals surface area contributed by atoms with Crippen LogP contribution in [-0.4, -0.2) is 26.8 Å². The lowest BCUT2D eigenvalue weighted by Gasteiger charge is -2.05. The Bertz CT molecular complexity index is 1510. The number of rotatable bonds is 5. The van der Waals surface area contributed by atoms with E-state index in [1.165, 1.54) is 4.68 Å². The first kappa shape index (κ1) is 20.7. The number of para-hydroxylation sites is 2. The fourth-order valence-corrected chi connectivity index (χ4v) is 3.76. The lowest BCUT2D eigenvalue weighted by Crippen LogP contribution is -2.23. The molecule has 7 nitrogen and oxygen atoms in total. The van der Waals surface area contributed by atoms with Crippen molar-refractivity contribution >= 4 is 51.7 Å². The molecule has 3 N–H and O–H groups in total. The first-order valence-electron chi connectivity index (χ1n) is 10.3. The summed E-state index contributed by atoms with van der Waals surface area (Å²) in [5.74, 6) is -0.188. The van der Waals surface area contributed by atoms with Gasteiger partial charge < -0.3 is 11.1 Å². The number of hydrogen-bond acceptors (Lipinski definition) is 5. The monoisotopic (exact) mass is 454 g/mol. The van der Waals surface area contributed by atoms with Gasteiger partial charge in [0.15, 0.2) is 5.65 Å². The average Bonchev–Trinajstić information content (AvgIpc) is 3.10. The topological polar surface area (TPSA) is 98.2 Å². The summed E-state index contributed by atoms with van der Waals surface area (Å²) in [6, 6.07) is 24.3. The molecule has 5 rings (SSSR count). The summed E-state index contributed by atoms with van der Waals surface area (Å²) in [6.45, 7) is 0.360. The van der Waals surface area contributed by atoms with Crippen molar-refractivity contribution in [2.45, 2.75) is 6.54 Å². The maximum atomic E-state index is 13.2. The standard InChI is InChI=1S/C25H19ClN6O/c26-18-10-6-9-17(13-18)15-29-32-23(27)21(25(33)28-14-16-7-2-1-3-8-16)22-24(32)31-20-12-5-4-11-19(20)30-22/h1-13,15H,14,27H2,(H,28,33)/b29-15-. The minimum Gasteiger partial charge on any atom is -0.383 e. The predicted octanol–water partition coefficient (Wildman–Crippen LogP) is 4.63. The molecule has 3 aromatic carbocycles. The first-order chi connectivity index (χ1) is 16.1. The normalized spacial score (nSPS) is 11.4. The number of halogens is 1. The lowest BCUT2D eigenvalue weighted by atomic mass is 10.2. The van der Waals surface area contributed by atoms with Crippen LogP contribution < -0.4 is 11.1 Å². The summed E-state index contributed by atoms with van der Waals surface area (Å²) in [5, 5.41) is 8.01. The van der Waals surface area contributed by atoms with Crippen molar-refractivity contribution in [3.05, 3.63) is 101 Å². The molecule has 0 aliphatic heterocycles. The van der Waals surface area contributed by atoms with E-state index in [1.54, 1.807) is 18.3 Å². The van der Waals surface area contributed by atoms with Crippen LogP contribution in [0.2, 0.25) is 5.02 Å². The summed E-state index contributed by atoms with van der Waals surface area (Å²) >= 11 is 6.08. The number of nitrogen functional groups attached to an aromatic ring is 1. The van der Waals surface area contributed by atoms with Crippen molar-refractivity contribution in [1.29, 1.82) is 0 Å². The quantitative estimate of drug-likeness (QED) is 0.378. The van der Waals surface area contributed by atoms with Gasteiger partial charge in [-0.15, -0.1) is 0 Å². The maximum Gasteiger partial charge on any atom is 0.257 e. The summed E-state index contributed by atoms with van der Waals surface area (Å²) in [7, 11) is 0. The molecule has 0 bridgehead atoms. The van der Waals surface area contributed by atoms with E-state index >= 15 is 0 Å². The van der Waals surface area contributed by atoms with Crippen LogP contribution in [-0.2, 0) is 6.54 Å². The van der Waals surface area contributed by atoms with E-state index in [-0.39, 0.29) is 17.3 Å². The van der Waals surface area contributed by atoms with Gasteiger partial charge in [-0.3, -0.25) is 4.79 Å². The summed E-state index contributed by atoms with van der Waals surface area (Å²) in [5.41, 5.74) is 10.6. The smallest absolute Gasteiger partial charge is 0.257 e. The molecule has 2 aromatic heterocycles. The number of carbonyl (C=O) groups is 1. The van der Waals surface area contributed by atoms with Gasteiger partial charge >= 0.3 is 0 Å². The van der Waals surface area contributed by atoms with Crippen molar-refractivity contribution in [3.63, 3.8) is 0 Å². The Morgan fingerprint density at radius 3 is 2.48 bits per heavy atom. The highest BCUT2D eigenvalue weighted by atomic mass is 35.5. The van der Waals surface area contributed by atoms with Crippen molar-refractivity contribution in [2.75, 3.05) is 5.73 Å². The molecule has 0 atom stereocenters.